The number of rotatable bonds is 5. The molecule has 0 saturated carbocycles. The zero-order valence-corrected chi connectivity index (χ0v) is 19.8. The fourth-order valence-corrected chi connectivity index (χ4v) is 5.64. The first-order chi connectivity index (χ1) is 15.3. The average molecular weight is 469 g/mol. The number of piperazine rings is 1. The van der Waals surface area contributed by atoms with Gasteiger partial charge in [0.2, 0.25) is 0 Å². The molecule has 0 unspecified atom stereocenters. The Morgan fingerprint density at radius 1 is 1.12 bits per heavy atom. The molecule has 166 valence electrons. The second kappa shape index (κ2) is 9.30. The Hall–Kier alpha value is -2.91. The molecule has 7 nitrogen and oxygen atoms in total. The lowest BCUT2D eigenvalue weighted by molar-refractivity contribution is -0.387. The molecule has 0 atom stereocenters. The van der Waals surface area contributed by atoms with Crippen molar-refractivity contribution in [2.45, 2.75) is 30.0 Å². The smallest absolute Gasteiger partial charge is 0.284 e. The molecule has 0 N–H and O–H groups in total. The highest BCUT2D eigenvalue weighted by molar-refractivity contribution is 8.01. The minimum Gasteiger partial charge on any atom is -0.368 e. The number of amides is 1. The molecule has 2 heterocycles. The topological polar surface area (TPSA) is 79.6 Å². The molecule has 1 aromatic heterocycles. The number of anilines is 1. The largest absolute Gasteiger partial charge is 0.368 e. The maximum absolute atomic E-state index is 13.1. The number of thiazole rings is 1. The summed E-state index contributed by atoms with van der Waals surface area (Å²) in [5.41, 5.74) is 4.86. The minimum absolute atomic E-state index is 0.0669. The zero-order chi connectivity index (χ0) is 22.8. The summed E-state index contributed by atoms with van der Waals surface area (Å²) in [5.74, 6) is -0.171. The van der Waals surface area contributed by atoms with Gasteiger partial charge in [0.1, 0.15) is 0 Å². The first-order valence-electron chi connectivity index (χ1n) is 10.3. The summed E-state index contributed by atoms with van der Waals surface area (Å²) < 4.78 is 0.743. The number of carbonyl (C=O) groups excluding carboxylic acids is 1. The normalized spacial score (nSPS) is 14.0. The number of carbonyl (C=O) groups is 1. The highest BCUT2D eigenvalue weighted by Crippen LogP contribution is 2.37. The second-order valence-corrected chi connectivity index (χ2v) is 9.94. The summed E-state index contributed by atoms with van der Waals surface area (Å²) >= 11 is 2.70. The van der Waals surface area contributed by atoms with Gasteiger partial charge < -0.3 is 9.80 Å². The van der Waals surface area contributed by atoms with E-state index in [4.69, 9.17) is 0 Å². The Kier molecular flexibility index (Phi) is 6.48. The van der Waals surface area contributed by atoms with Gasteiger partial charge in [0.05, 0.1) is 9.82 Å². The number of hydrogen-bond donors (Lipinski definition) is 0. The van der Waals surface area contributed by atoms with E-state index in [-0.39, 0.29) is 11.6 Å². The zero-order valence-electron chi connectivity index (χ0n) is 18.2. The van der Waals surface area contributed by atoms with E-state index in [1.54, 1.807) is 17.0 Å². The lowest BCUT2D eigenvalue weighted by Gasteiger charge is -2.37. The molecule has 0 spiro atoms. The van der Waals surface area contributed by atoms with Gasteiger partial charge in [-0.2, -0.15) is 0 Å². The van der Waals surface area contributed by atoms with Gasteiger partial charge in [0, 0.05) is 54.6 Å². The van der Waals surface area contributed by atoms with Crippen LogP contribution in [0.3, 0.4) is 0 Å². The van der Waals surface area contributed by atoms with E-state index in [1.165, 1.54) is 46.0 Å². The van der Waals surface area contributed by atoms with Gasteiger partial charge in [0.15, 0.2) is 4.34 Å². The van der Waals surface area contributed by atoms with E-state index >= 15 is 0 Å². The van der Waals surface area contributed by atoms with Gasteiger partial charge in [0.25, 0.3) is 11.6 Å². The van der Waals surface area contributed by atoms with Crippen LogP contribution in [-0.2, 0) is 0 Å². The maximum atomic E-state index is 13.1. The molecule has 0 bridgehead atoms. The van der Waals surface area contributed by atoms with Crippen molar-refractivity contribution in [3.05, 3.63) is 74.3 Å². The van der Waals surface area contributed by atoms with E-state index in [0.717, 1.165) is 23.1 Å². The van der Waals surface area contributed by atoms with Crippen LogP contribution in [0.1, 0.15) is 27.2 Å². The van der Waals surface area contributed by atoms with Gasteiger partial charge >= 0.3 is 0 Å². The molecule has 1 fully saturated rings. The third-order valence-corrected chi connectivity index (χ3v) is 7.80. The summed E-state index contributed by atoms with van der Waals surface area (Å²) in [6, 6.07) is 11.0. The lowest BCUT2D eigenvalue weighted by Crippen LogP contribution is -2.49. The van der Waals surface area contributed by atoms with Crippen molar-refractivity contribution >= 4 is 40.4 Å². The third kappa shape index (κ3) is 4.63. The number of nitro benzene ring substituents is 1. The molecule has 1 aliphatic heterocycles. The van der Waals surface area contributed by atoms with Crippen LogP contribution in [0.4, 0.5) is 11.4 Å². The molecule has 1 saturated heterocycles. The first kappa shape index (κ1) is 22.3. The molecular formula is C23H24N4O3S2. The number of aryl methyl sites for hydroxylation is 2. The molecule has 3 aromatic rings. The molecule has 1 aliphatic rings. The Balaban J connectivity index is 1.48. The van der Waals surface area contributed by atoms with Crippen LogP contribution in [0.15, 0.2) is 51.0 Å². The van der Waals surface area contributed by atoms with Crippen molar-refractivity contribution in [1.29, 1.82) is 0 Å². The summed E-state index contributed by atoms with van der Waals surface area (Å²) in [5, 5.41) is 13.6. The van der Waals surface area contributed by atoms with Crippen molar-refractivity contribution in [1.82, 2.24) is 9.88 Å². The number of hydrogen-bond acceptors (Lipinski definition) is 7. The van der Waals surface area contributed by atoms with Crippen molar-refractivity contribution in [3.8, 4) is 0 Å². The monoisotopic (exact) mass is 468 g/mol. The van der Waals surface area contributed by atoms with Crippen LogP contribution in [-0.4, -0.2) is 46.9 Å². The van der Waals surface area contributed by atoms with Crippen LogP contribution in [0.25, 0.3) is 0 Å². The van der Waals surface area contributed by atoms with Gasteiger partial charge in [-0.15, -0.1) is 11.3 Å². The Morgan fingerprint density at radius 2 is 1.88 bits per heavy atom. The van der Waals surface area contributed by atoms with Crippen LogP contribution in [0, 0.1) is 30.9 Å². The second-order valence-electron chi connectivity index (χ2n) is 7.79. The van der Waals surface area contributed by atoms with E-state index < -0.39 is 4.92 Å². The predicted octanol–water partition coefficient (Wildman–Crippen LogP) is 5.09. The average Bonchev–Trinajstić information content (AvgIpc) is 3.20. The Labute approximate surface area is 195 Å². The highest BCUT2D eigenvalue weighted by Gasteiger charge is 2.26. The number of nitrogens with zero attached hydrogens (tertiary/aromatic N) is 4. The van der Waals surface area contributed by atoms with Crippen molar-refractivity contribution in [2.24, 2.45) is 0 Å². The third-order valence-electron chi connectivity index (χ3n) is 5.68. The predicted molar refractivity (Wildman–Crippen MR) is 128 cm³/mol. The molecule has 9 heteroatoms. The van der Waals surface area contributed by atoms with Crippen molar-refractivity contribution in [3.63, 3.8) is 0 Å². The van der Waals surface area contributed by atoms with Crippen molar-refractivity contribution in [2.75, 3.05) is 31.1 Å². The first-order valence-corrected chi connectivity index (χ1v) is 12.0. The molecule has 4 rings (SSSR count). The van der Waals surface area contributed by atoms with Gasteiger partial charge in [-0.05, 0) is 50.1 Å². The van der Waals surface area contributed by atoms with Gasteiger partial charge in [-0.25, -0.2) is 4.98 Å². The number of benzene rings is 2. The van der Waals surface area contributed by atoms with E-state index in [1.807, 2.05) is 12.3 Å². The van der Waals surface area contributed by atoms with Crippen LogP contribution < -0.4 is 4.90 Å². The number of nitro groups is 1. The van der Waals surface area contributed by atoms with Gasteiger partial charge in [-0.3, -0.25) is 14.9 Å². The number of aromatic nitrogens is 1. The van der Waals surface area contributed by atoms with Crippen molar-refractivity contribution < 1.29 is 9.72 Å². The maximum Gasteiger partial charge on any atom is 0.284 e. The lowest BCUT2D eigenvalue weighted by atomic mass is 10.1. The Morgan fingerprint density at radius 3 is 2.53 bits per heavy atom. The summed E-state index contributed by atoms with van der Waals surface area (Å²) in [4.78, 5) is 33.2. The fourth-order valence-electron chi connectivity index (χ4n) is 3.76. The van der Waals surface area contributed by atoms with Crippen LogP contribution >= 0.6 is 23.1 Å². The SMILES string of the molecule is Cc1csc(Sc2ccc(C(=O)N3CCN(c4cccc(C)c4C)CC3)cc2[N+](=O)[O-])n1. The standard InChI is InChI=1S/C23H24N4O3S2/c1-15-5-4-6-19(17(15)3)25-9-11-26(12-10-25)22(28)18-7-8-21(20(13-18)27(29)30)32-23-24-16(2)14-31-23/h4-8,13-14H,9-12H2,1-3H3. The highest BCUT2D eigenvalue weighted by atomic mass is 32.2. The van der Waals surface area contributed by atoms with E-state index in [0.29, 0.717) is 23.5 Å². The quantitative estimate of drug-likeness (QED) is 0.383. The molecule has 0 aliphatic carbocycles. The minimum atomic E-state index is -0.433. The Bertz CT molecular complexity index is 1170. The van der Waals surface area contributed by atoms with Crippen LogP contribution in [0.2, 0.25) is 0 Å². The molecule has 2 aromatic carbocycles. The van der Waals surface area contributed by atoms with Crippen LogP contribution in [0.5, 0.6) is 0 Å². The molecular weight excluding hydrogens is 444 g/mol. The summed E-state index contributed by atoms with van der Waals surface area (Å²) in [6.07, 6.45) is 0. The van der Waals surface area contributed by atoms with E-state index in [9.17, 15) is 14.9 Å². The van der Waals surface area contributed by atoms with Gasteiger partial charge in [-0.1, -0.05) is 23.9 Å². The summed E-state index contributed by atoms with van der Waals surface area (Å²) in [7, 11) is 0. The van der Waals surface area contributed by atoms with E-state index in [2.05, 4.69) is 41.9 Å². The fraction of sp³-hybridized carbons (Fsp3) is 0.304. The molecule has 0 radical (unpaired) electrons. The molecule has 1 amide bonds. The molecule has 32 heavy (non-hydrogen) atoms. The summed E-state index contributed by atoms with van der Waals surface area (Å²) in [6.45, 7) is 8.72.